The quantitative estimate of drug-likeness (QED) is 0.728. The molecule has 5 nitrogen and oxygen atoms in total. The Labute approximate surface area is 141 Å². The molecule has 7 heteroatoms. The Kier molecular flexibility index (Phi) is 4.68. The van der Waals surface area contributed by atoms with Crippen molar-refractivity contribution < 1.29 is 13.2 Å². The van der Waals surface area contributed by atoms with Crippen LogP contribution in [0, 0.1) is 23.7 Å². The molecule has 3 aromatic rings. The maximum absolute atomic E-state index is 12.4. The Morgan fingerprint density at radius 2 is 1.60 bits per heavy atom. The van der Waals surface area contributed by atoms with Crippen LogP contribution in [0.25, 0.3) is 11.5 Å². The van der Waals surface area contributed by atoms with Crippen molar-refractivity contribution in [1.29, 1.82) is 0 Å². The first kappa shape index (κ1) is 16.2. The predicted octanol–water partition coefficient (Wildman–Crippen LogP) is 3.05. The normalized spacial score (nSPS) is 9.88. The van der Waals surface area contributed by atoms with Crippen LogP contribution in [0.2, 0.25) is 0 Å². The van der Waals surface area contributed by atoms with E-state index in [9.17, 15) is 8.78 Å². The number of nitrogens with zero attached hydrogens (tertiary/aromatic N) is 3. The van der Waals surface area contributed by atoms with Crippen LogP contribution in [-0.2, 0) is 0 Å². The lowest BCUT2D eigenvalue weighted by Gasteiger charge is -1.94. The minimum atomic E-state index is -2.79. The summed E-state index contributed by atoms with van der Waals surface area (Å²) in [5, 5.41) is 6.87. The molecule has 0 aliphatic rings. The second kappa shape index (κ2) is 7.24. The second-order valence-corrected chi connectivity index (χ2v) is 4.80. The lowest BCUT2D eigenvalue weighted by atomic mass is 10.1. The SMILES string of the molecule is Nc1ccc(C#CC#Cc2ccc(-c3nnc(C(F)F)o3)cc2)cn1. The number of pyridine rings is 1. The fraction of sp³-hybridized carbons (Fsp3) is 0.0556. The molecule has 0 aliphatic heterocycles. The first-order valence-electron chi connectivity index (χ1n) is 7.07. The molecule has 0 radical (unpaired) electrons. The van der Waals surface area contributed by atoms with Crippen LogP contribution in [-0.4, -0.2) is 15.2 Å². The number of hydrogen-bond acceptors (Lipinski definition) is 5. The zero-order valence-electron chi connectivity index (χ0n) is 12.7. The van der Waals surface area contributed by atoms with Gasteiger partial charge in [0.1, 0.15) is 5.82 Å². The van der Waals surface area contributed by atoms with E-state index in [1.807, 2.05) is 0 Å². The molecule has 0 amide bonds. The Balaban J connectivity index is 1.70. The molecule has 0 spiro atoms. The first-order valence-corrected chi connectivity index (χ1v) is 7.07. The van der Waals surface area contributed by atoms with Crippen LogP contribution >= 0.6 is 0 Å². The molecule has 0 saturated carbocycles. The molecule has 2 aromatic heterocycles. The largest absolute Gasteiger partial charge is 0.415 e. The maximum Gasteiger partial charge on any atom is 0.314 e. The summed E-state index contributed by atoms with van der Waals surface area (Å²) in [6.07, 6.45) is -1.22. The summed E-state index contributed by atoms with van der Waals surface area (Å²) in [4.78, 5) is 3.93. The summed E-state index contributed by atoms with van der Waals surface area (Å²) in [6, 6.07) is 10.1. The highest BCUT2D eigenvalue weighted by atomic mass is 19.3. The molecular formula is C18H10F2N4O. The van der Waals surface area contributed by atoms with Crippen molar-refractivity contribution in [3.8, 4) is 35.1 Å². The van der Waals surface area contributed by atoms with Gasteiger partial charge in [0.25, 0.3) is 5.89 Å². The molecule has 0 atom stereocenters. The lowest BCUT2D eigenvalue weighted by Crippen LogP contribution is -1.88. The van der Waals surface area contributed by atoms with E-state index in [0.29, 0.717) is 22.5 Å². The number of nitrogens with two attached hydrogens (primary N) is 1. The van der Waals surface area contributed by atoms with E-state index >= 15 is 0 Å². The number of anilines is 1. The maximum atomic E-state index is 12.4. The highest BCUT2D eigenvalue weighted by Crippen LogP contribution is 2.23. The average Bonchev–Trinajstić information content (AvgIpc) is 3.11. The van der Waals surface area contributed by atoms with Crippen LogP contribution in [0.4, 0.5) is 14.6 Å². The number of halogens is 2. The minimum absolute atomic E-state index is 0.0328. The van der Waals surface area contributed by atoms with Gasteiger partial charge in [-0.2, -0.15) is 8.78 Å². The molecule has 3 rings (SSSR count). The standard InChI is InChI=1S/C18H10F2N4O/c19-16(20)18-24-23-17(25-18)14-8-5-12(6-9-14)3-1-2-4-13-7-10-15(21)22-11-13/h5-11,16H,(H2,21,22). The van der Waals surface area contributed by atoms with Gasteiger partial charge in [-0.1, -0.05) is 11.8 Å². The van der Waals surface area contributed by atoms with Crippen LogP contribution in [0.15, 0.2) is 47.0 Å². The van der Waals surface area contributed by atoms with Crippen molar-refractivity contribution in [1.82, 2.24) is 15.2 Å². The number of alkyl halides is 2. The van der Waals surface area contributed by atoms with Gasteiger partial charge in [0, 0.05) is 22.9 Å². The van der Waals surface area contributed by atoms with Gasteiger partial charge < -0.3 is 10.2 Å². The molecule has 0 aliphatic carbocycles. The molecule has 0 saturated heterocycles. The molecule has 2 N–H and O–H groups in total. The zero-order valence-corrected chi connectivity index (χ0v) is 12.7. The minimum Gasteiger partial charge on any atom is -0.415 e. The van der Waals surface area contributed by atoms with Gasteiger partial charge in [0.05, 0.1) is 0 Å². The number of benzene rings is 1. The van der Waals surface area contributed by atoms with E-state index in [1.54, 1.807) is 42.6 Å². The number of aromatic nitrogens is 3. The number of hydrogen-bond donors (Lipinski definition) is 1. The molecule has 25 heavy (non-hydrogen) atoms. The van der Waals surface area contributed by atoms with Gasteiger partial charge >= 0.3 is 6.43 Å². The summed E-state index contributed by atoms with van der Waals surface area (Å²) < 4.78 is 29.8. The van der Waals surface area contributed by atoms with Gasteiger partial charge in [-0.15, -0.1) is 10.2 Å². The lowest BCUT2D eigenvalue weighted by molar-refractivity contribution is 0.116. The van der Waals surface area contributed by atoms with Gasteiger partial charge in [-0.3, -0.25) is 0 Å². The van der Waals surface area contributed by atoms with Crippen LogP contribution < -0.4 is 5.73 Å². The van der Waals surface area contributed by atoms with Crippen molar-refractivity contribution in [2.45, 2.75) is 6.43 Å². The average molecular weight is 336 g/mol. The molecule has 1 aromatic carbocycles. The Morgan fingerprint density at radius 1 is 0.920 bits per heavy atom. The van der Waals surface area contributed by atoms with E-state index in [4.69, 9.17) is 10.2 Å². The van der Waals surface area contributed by atoms with Crippen LogP contribution in [0.1, 0.15) is 23.4 Å². The Morgan fingerprint density at radius 3 is 2.20 bits per heavy atom. The van der Waals surface area contributed by atoms with Gasteiger partial charge in [-0.25, -0.2) is 4.98 Å². The van der Waals surface area contributed by atoms with E-state index in [-0.39, 0.29) is 5.89 Å². The van der Waals surface area contributed by atoms with Crippen molar-refractivity contribution in [2.75, 3.05) is 5.73 Å². The van der Waals surface area contributed by atoms with Crippen LogP contribution in [0.3, 0.4) is 0 Å². The van der Waals surface area contributed by atoms with E-state index in [2.05, 4.69) is 38.9 Å². The topological polar surface area (TPSA) is 77.8 Å². The van der Waals surface area contributed by atoms with Crippen molar-refractivity contribution in [3.05, 3.63) is 59.6 Å². The van der Waals surface area contributed by atoms with E-state index in [0.717, 1.165) is 0 Å². The third-order valence-electron chi connectivity index (χ3n) is 3.02. The van der Waals surface area contributed by atoms with E-state index < -0.39 is 12.3 Å². The fourth-order valence-electron chi connectivity index (χ4n) is 1.82. The molecule has 0 bridgehead atoms. The molecular weight excluding hydrogens is 326 g/mol. The molecule has 122 valence electrons. The smallest absolute Gasteiger partial charge is 0.314 e. The predicted molar refractivity (Wildman–Crippen MR) is 87.1 cm³/mol. The van der Waals surface area contributed by atoms with Crippen molar-refractivity contribution >= 4 is 5.82 Å². The van der Waals surface area contributed by atoms with Gasteiger partial charge in [0.15, 0.2) is 0 Å². The summed E-state index contributed by atoms with van der Waals surface area (Å²) in [6.45, 7) is 0. The number of nitrogen functional groups attached to an aromatic ring is 1. The summed E-state index contributed by atoms with van der Waals surface area (Å²) in [5.41, 5.74) is 7.44. The third-order valence-corrected chi connectivity index (χ3v) is 3.02. The monoisotopic (exact) mass is 336 g/mol. The Bertz CT molecular complexity index is 988. The van der Waals surface area contributed by atoms with Gasteiger partial charge in [0.2, 0.25) is 5.89 Å². The van der Waals surface area contributed by atoms with Crippen molar-refractivity contribution in [3.63, 3.8) is 0 Å². The molecule has 2 heterocycles. The second-order valence-electron chi connectivity index (χ2n) is 4.80. The van der Waals surface area contributed by atoms with E-state index in [1.165, 1.54) is 0 Å². The zero-order chi connectivity index (χ0) is 17.6. The Hall–Kier alpha value is -3.71. The fourth-order valence-corrected chi connectivity index (χ4v) is 1.82. The summed E-state index contributed by atoms with van der Waals surface area (Å²) in [7, 11) is 0. The molecule has 0 unspecified atom stereocenters. The van der Waals surface area contributed by atoms with Gasteiger partial charge in [-0.05, 0) is 48.2 Å². The third kappa shape index (κ3) is 4.18. The molecule has 0 fully saturated rings. The highest BCUT2D eigenvalue weighted by molar-refractivity contribution is 5.55. The summed E-state index contributed by atoms with van der Waals surface area (Å²) >= 11 is 0. The highest BCUT2D eigenvalue weighted by Gasteiger charge is 2.16. The van der Waals surface area contributed by atoms with Crippen molar-refractivity contribution in [2.24, 2.45) is 0 Å². The first-order chi connectivity index (χ1) is 12.1. The summed E-state index contributed by atoms with van der Waals surface area (Å²) in [5.74, 6) is 10.9. The van der Waals surface area contributed by atoms with Crippen LogP contribution in [0.5, 0.6) is 0 Å². The number of rotatable bonds is 2.